The smallest absolute Gasteiger partial charge is 0.376 e. The van der Waals surface area contributed by atoms with Crippen LogP contribution in [0.5, 0.6) is 5.75 Å². The van der Waals surface area contributed by atoms with Gasteiger partial charge in [-0.2, -0.15) is 21.6 Å². The van der Waals surface area contributed by atoms with Crippen LogP contribution in [0.2, 0.25) is 0 Å². The quantitative estimate of drug-likeness (QED) is 0.612. The average molecular weight is 392 g/mol. The lowest BCUT2D eigenvalue weighted by Crippen LogP contribution is -2.43. The third-order valence-electron chi connectivity index (χ3n) is 4.66. The lowest BCUT2D eigenvalue weighted by Gasteiger charge is -2.34. The molecule has 0 radical (unpaired) electrons. The van der Waals surface area contributed by atoms with Gasteiger partial charge < -0.3 is 9.50 Å². The van der Waals surface area contributed by atoms with Crippen molar-refractivity contribution in [3.8, 4) is 5.75 Å². The van der Waals surface area contributed by atoms with Crippen LogP contribution in [-0.2, 0) is 26.9 Å². The fourth-order valence-electron chi connectivity index (χ4n) is 3.37. The van der Waals surface area contributed by atoms with Gasteiger partial charge in [-0.05, 0) is 43.0 Å². The normalized spacial score (nSPS) is 19.1. The molecule has 2 aliphatic rings. The number of amides is 1. The zero-order valence-corrected chi connectivity index (χ0v) is 14.9. The number of nitrogens with one attached hydrogen (secondary N) is 1. The number of carbonyl (C=O) groups excluding carboxylic acids is 1. The first kappa shape index (κ1) is 19.0. The van der Waals surface area contributed by atoms with Gasteiger partial charge in [-0.25, -0.2) is 0 Å². The van der Waals surface area contributed by atoms with E-state index < -0.39 is 15.6 Å². The summed E-state index contributed by atoms with van der Waals surface area (Å²) in [5.41, 5.74) is -4.04. The van der Waals surface area contributed by atoms with Crippen LogP contribution in [0.25, 0.3) is 0 Å². The van der Waals surface area contributed by atoms with Crippen LogP contribution < -0.4 is 9.50 Å². The standard InChI is InChI=1S/C16H19F3N2O4S/c1-2-20-14(22)9-21-8-11-3-4-12(25-26(23,24)16(17,18)19)7-13(11)15(10-21)5-6-15/h3-4,7H,2,5-6,8-10H2,1H3,(H,20,22). The largest absolute Gasteiger partial charge is 0.534 e. The lowest BCUT2D eigenvalue weighted by molar-refractivity contribution is -0.122. The highest BCUT2D eigenvalue weighted by Crippen LogP contribution is 2.53. The highest BCUT2D eigenvalue weighted by atomic mass is 32.2. The molecule has 1 N–H and O–H groups in total. The highest BCUT2D eigenvalue weighted by molar-refractivity contribution is 7.88. The number of fused-ring (bicyclic) bond motifs is 2. The van der Waals surface area contributed by atoms with Crippen molar-refractivity contribution in [3.63, 3.8) is 0 Å². The maximum absolute atomic E-state index is 12.5. The van der Waals surface area contributed by atoms with Crippen LogP contribution in [0.3, 0.4) is 0 Å². The number of rotatable bonds is 5. The second kappa shape index (κ2) is 6.41. The van der Waals surface area contributed by atoms with Gasteiger partial charge in [0.15, 0.2) is 0 Å². The summed E-state index contributed by atoms with van der Waals surface area (Å²) in [6.07, 6.45) is 1.67. The molecular formula is C16H19F3N2O4S. The first-order chi connectivity index (χ1) is 12.1. The molecule has 1 spiro atoms. The van der Waals surface area contributed by atoms with Crippen LogP contribution >= 0.6 is 0 Å². The van der Waals surface area contributed by atoms with Gasteiger partial charge in [-0.15, -0.1) is 0 Å². The minimum absolute atomic E-state index is 0.0806. The minimum Gasteiger partial charge on any atom is -0.376 e. The van der Waals surface area contributed by atoms with Crippen molar-refractivity contribution in [2.24, 2.45) is 0 Å². The molecule has 1 saturated carbocycles. The predicted molar refractivity (Wildman–Crippen MR) is 86.9 cm³/mol. The molecule has 6 nitrogen and oxygen atoms in total. The van der Waals surface area contributed by atoms with E-state index in [4.69, 9.17) is 0 Å². The highest BCUT2D eigenvalue weighted by Gasteiger charge is 2.51. The third kappa shape index (κ3) is 3.66. The Hall–Kier alpha value is -1.81. The van der Waals surface area contributed by atoms with E-state index in [1.165, 1.54) is 12.1 Å². The van der Waals surface area contributed by atoms with Crippen LogP contribution in [0.15, 0.2) is 18.2 Å². The molecule has 1 aromatic rings. The summed E-state index contributed by atoms with van der Waals surface area (Å²) in [6, 6.07) is 4.17. The third-order valence-corrected chi connectivity index (χ3v) is 5.64. The Labute approximate surface area is 149 Å². The van der Waals surface area contributed by atoms with Crippen molar-refractivity contribution in [3.05, 3.63) is 29.3 Å². The van der Waals surface area contributed by atoms with Crippen molar-refractivity contribution in [1.82, 2.24) is 10.2 Å². The second-order valence-corrected chi connectivity index (χ2v) is 8.22. The van der Waals surface area contributed by atoms with Crippen LogP contribution in [0, 0.1) is 0 Å². The number of benzene rings is 1. The Balaban J connectivity index is 1.82. The molecule has 3 rings (SSSR count). The molecule has 10 heteroatoms. The Kier molecular flexibility index (Phi) is 4.68. The number of halogens is 3. The molecule has 0 saturated heterocycles. The molecule has 144 valence electrons. The van der Waals surface area contributed by atoms with E-state index in [1.54, 1.807) is 6.07 Å². The van der Waals surface area contributed by atoms with E-state index in [1.807, 2.05) is 11.8 Å². The van der Waals surface area contributed by atoms with Gasteiger partial charge in [0.2, 0.25) is 5.91 Å². The number of likely N-dealkylation sites (N-methyl/N-ethyl adjacent to an activating group) is 1. The van der Waals surface area contributed by atoms with Gasteiger partial charge in [0, 0.05) is 25.0 Å². The number of alkyl halides is 3. The summed E-state index contributed by atoms with van der Waals surface area (Å²) in [4.78, 5) is 13.8. The van der Waals surface area contributed by atoms with E-state index in [2.05, 4.69) is 9.50 Å². The van der Waals surface area contributed by atoms with Crippen LogP contribution in [0.1, 0.15) is 30.9 Å². The topological polar surface area (TPSA) is 75.7 Å². The summed E-state index contributed by atoms with van der Waals surface area (Å²) in [6.45, 7) is 3.70. The number of nitrogens with zero attached hydrogens (tertiary/aromatic N) is 1. The molecule has 1 heterocycles. The van der Waals surface area contributed by atoms with E-state index in [9.17, 15) is 26.4 Å². The molecular weight excluding hydrogens is 373 g/mol. The summed E-state index contributed by atoms with van der Waals surface area (Å²) < 4.78 is 64.2. The molecule has 1 aliphatic carbocycles. The van der Waals surface area contributed by atoms with E-state index in [-0.39, 0.29) is 23.6 Å². The fraction of sp³-hybridized carbons (Fsp3) is 0.562. The summed E-state index contributed by atoms with van der Waals surface area (Å²) >= 11 is 0. The van der Waals surface area contributed by atoms with Crippen molar-refractivity contribution >= 4 is 16.0 Å². The Morgan fingerprint density at radius 1 is 1.35 bits per heavy atom. The Bertz CT molecular complexity index is 819. The van der Waals surface area contributed by atoms with E-state index >= 15 is 0 Å². The van der Waals surface area contributed by atoms with Crippen molar-refractivity contribution < 1.29 is 30.6 Å². The molecule has 1 amide bonds. The fourth-order valence-corrected chi connectivity index (χ4v) is 3.82. The van der Waals surface area contributed by atoms with E-state index in [0.29, 0.717) is 19.6 Å². The summed E-state index contributed by atoms with van der Waals surface area (Å²) in [5.74, 6) is -0.424. The zero-order valence-electron chi connectivity index (χ0n) is 14.1. The van der Waals surface area contributed by atoms with Gasteiger partial charge in [0.1, 0.15) is 5.75 Å². The second-order valence-electron chi connectivity index (χ2n) is 6.68. The summed E-state index contributed by atoms with van der Waals surface area (Å²) in [5, 5.41) is 2.74. The monoisotopic (exact) mass is 392 g/mol. The van der Waals surface area contributed by atoms with Gasteiger partial charge in [0.25, 0.3) is 0 Å². The van der Waals surface area contributed by atoms with Crippen molar-refractivity contribution in [1.29, 1.82) is 0 Å². The van der Waals surface area contributed by atoms with Crippen LogP contribution in [0.4, 0.5) is 13.2 Å². The van der Waals surface area contributed by atoms with Gasteiger partial charge in [0.05, 0.1) is 6.54 Å². The number of hydrogen-bond donors (Lipinski definition) is 1. The van der Waals surface area contributed by atoms with E-state index in [0.717, 1.165) is 24.0 Å². The SMILES string of the molecule is CCNC(=O)CN1Cc2ccc(OS(=O)(=O)C(F)(F)F)cc2C2(CC2)C1. The first-order valence-corrected chi connectivity index (χ1v) is 9.60. The number of carbonyl (C=O) groups is 1. The maximum atomic E-state index is 12.5. The molecule has 1 fully saturated rings. The predicted octanol–water partition coefficient (Wildman–Crippen LogP) is 1.90. The van der Waals surface area contributed by atoms with Gasteiger partial charge >= 0.3 is 15.6 Å². The molecule has 26 heavy (non-hydrogen) atoms. The Morgan fingerprint density at radius 3 is 2.62 bits per heavy atom. The summed E-state index contributed by atoms with van der Waals surface area (Å²) in [7, 11) is -5.69. The number of hydrogen-bond acceptors (Lipinski definition) is 5. The van der Waals surface area contributed by atoms with Crippen molar-refractivity contribution in [2.45, 2.75) is 37.2 Å². The van der Waals surface area contributed by atoms with Gasteiger partial charge in [-0.1, -0.05) is 6.07 Å². The Morgan fingerprint density at radius 2 is 2.04 bits per heavy atom. The zero-order chi connectivity index (χ0) is 19.2. The maximum Gasteiger partial charge on any atom is 0.534 e. The van der Waals surface area contributed by atoms with Gasteiger partial charge in [-0.3, -0.25) is 9.69 Å². The molecule has 0 unspecified atom stereocenters. The average Bonchev–Trinajstić information content (AvgIpc) is 3.27. The molecule has 0 atom stereocenters. The molecule has 1 aliphatic heterocycles. The molecule has 0 bridgehead atoms. The lowest BCUT2D eigenvalue weighted by atomic mass is 9.87. The molecule has 1 aromatic carbocycles. The molecule has 0 aromatic heterocycles. The minimum atomic E-state index is -5.69. The van der Waals surface area contributed by atoms with Crippen molar-refractivity contribution in [2.75, 3.05) is 19.6 Å². The first-order valence-electron chi connectivity index (χ1n) is 8.19. The van der Waals surface area contributed by atoms with Crippen LogP contribution in [-0.4, -0.2) is 44.4 Å².